The molecule has 0 saturated heterocycles. The molecule has 1 unspecified atom stereocenters. The molecule has 2 aromatic heterocycles. The molecule has 0 saturated carbocycles. The quantitative estimate of drug-likeness (QED) is 0.354. The zero-order valence-electron chi connectivity index (χ0n) is 17.3. The molecule has 0 N–H and O–H groups in total. The Bertz CT molecular complexity index is 1060. The predicted octanol–water partition coefficient (Wildman–Crippen LogP) is 5.13. The number of thiazole rings is 1. The van der Waals surface area contributed by atoms with Gasteiger partial charge in [0.2, 0.25) is 5.78 Å². The Morgan fingerprint density at radius 3 is 2.60 bits per heavy atom. The molecule has 0 amide bonds. The summed E-state index contributed by atoms with van der Waals surface area (Å²) in [5, 5.41) is 2.93. The first-order chi connectivity index (χ1) is 14.3. The first kappa shape index (κ1) is 22.2. The molecule has 0 radical (unpaired) electrons. The number of esters is 1. The number of ketones is 1. The van der Waals surface area contributed by atoms with Crippen LogP contribution in [0.4, 0.5) is 0 Å². The average molecular weight is 447 g/mol. The summed E-state index contributed by atoms with van der Waals surface area (Å²) in [4.78, 5) is 29.3. The number of carbonyl (C=O) groups excluding carboxylic acids is 2. The Morgan fingerprint density at radius 1 is 1.23 bits per heavy atom. The maximum atomic E-state index is 12.7. The standard InChI is InChI=1S/C22H23ClN2O4S/c1-13-9-18(15(3)25(13)14(2)10-28-4)20(26)11-29-22(27)19-12-30-21(24-19)16-5-7-17(23)8-6-16/h5-9,12,14H,10-11H2,1-4H3. The third kappa shape index (κ3) is 4.80. The summed E-state index contributed by atoms with van der Waals surface area (Å²) in [5.41, 5.74) is 3.37. The number of benzene rings is 1. The SMILES string of the molecule is COCC(C)n1c(C)cc(C(=O)COC(=O)c2csc(-c3ccc(Cl)cc3)n2)c1C. The number of halogens is 1. The molecule has 1 atom stereocenters. The van der Waals surface area contributed by atoms with Gasteiger partial charge in [-0.15, -0.1) is 11.3 Å². The second kappa shape index (κ2) is 9.55. The summed E-state index contributed by atoms with van der Waals surface area (Å²) in [6.45, 7) is 6.05. The summed E-state index contributed by atoms with van der Waals surface area (Å²) in [7, 11) is 1.65. The fourth-order valence-electron chi connectivity index (χ4n) is 3.43. The van der Waals surface area contributed by atoms with Gasteiger partial charge in [0.1, 0.15) is 5.01 Å². The minimum Gasteiger partial charge on any atom is -0.453 e. The third-order valence-electron chi connectivity index (χ3n) is 4.77. The maximum Gasteiger partial charge on any atom is 0.358 e. The Hall–Kier alpha value is -2.48. The molecule has 0 aliphatic carbocycles. The fourth-order valence-corrected chi connectivity index (χ4v) is 4.35. The highest BCUT2D eigenvalue weighted by Crippen LogP contribution is 2.26. The minimum atomic E-state index is -0.624. The van der Waals surface area contributed by atoms with Crippen molar-refractivity contribution in [2.45, 2.75) is 26.8 Å². The van der Waals surface area contributed by atoms with Crippen LogP contribution in [-0.4, -0.2) is 41.6 Å². The predicted molar refractivity (Wildman–Crippen MR) is 118 cm³/mol. The van der Waals surface area contributed by atoms with Crippen molar-refractivity contribution in [3.05, 3.63) is 63.4 Å². The van der Waals surface area contributed by atoms with Gasteiger partial charge in [-0.3, -0.25) is 4.79 Å². The second-order valence-electron chi connectivity index (χ2n) is 7.00. The van der Waals surface area contributed by atoms with Crippen molar-refractivity contribution in [2.75, 3.05) is 20.3 Å². The van der Waals surface area contributed by atoms with Gasteiger partial charge < -0.3 is 14.0 Å². The van der Waals surface area contributed by atoms with Crippen molar-refractivity contribution in [2.24, 2.45) is 0 Å². The highest BCUT2D eigenvalue weighted by Gasteiger charge is 2.21. The van der Waals surface area contributed by atoms with Gasteiger partial charge in [-0.05, 0) is 39.0 Å². The molecule has 0 spiro atoms. The van der Waals surface area contributed by atoms with Gasteiger partial charge >= 0.3 is 5.97 Å². The zero-order chi connectivity index (χ0) is 21.8. The molecular formula is C22H23ClN2O4S. The Kier molecular flexibility index (Phi) is 7.07. The number of nitrogens with zero attached hydrogens (tertiary/aromatic N) is 2. The Balaban J connectivity index is 1.66. The first-order valence-corrected chi connectivity index (χ1v) is 10.7. The van der Waals surface area contributed by atoms with Crippen LogP contribution >= 0.6 is 22.9 Å². The van der Waals surface area contributed by atoms with E-state index in [1.54, 1.807) is 24.6 Å². The monoisotopic (exact) mass is 446 g/mol. The number of hydrogen-bond donors (Lipinski definition) is 0. The van der Waals surface area contributed by atoms with Gasteiger partial charge in [-0.2, -0.15) is 0 Å². The Labute approximate surface area is 184 Å². The Morgan fingerprint density at radius 2 is 1.93 bits per heavy atom. The van der Waals surface area contributed by atoms with Crippen molar-refractivity contribution in [1.82, 2.24) is 9.55 Å². The number of rotatable bonds is 8. The van der Waals surface area contributed by atoms with Crippen molar-refractivity contribution in [3.63, 3.8) is 0 Å². The largest absolute Gasteiger partial charge is 0.453 e. The van der Waals surface area contributed by atoms with E-state index in [1.807, 2.05) is 39.0 Å². The lowest BCUT2D eigenvalue weighted by Crippen LogP contribution is -2.17. The number of carbonyl (C=O) groups is 2. The zero-order valence-corrected chi connectivity index (χ0v) is 18.8. The number of methoxy groups -OCH3 is 1. The molecule has 1 aromatic carbocycles. The van der Waals surface area contributed by atoms with Gasteiger partial charge in [0.15, 0.2) is 12.3 Å². The molecule has 0 bridgehead atoms. The van der Waals surface area contributed by atoms with Gasteiger partial charge in [0, 0.05) is 40.0 Å². The molecule has 0 fully saturated rings. The van der Waals surface area contributed by atoms with Gasteiger partial charge in [0.05, 0.1) is 12.6 Å². The van der Waals surface area contributed by atoms with Gasteiger partial charge in [-0.1, -0.05) is 23.7 Å². The van der Waals surface area contributed by atoms with E-state index >= 15 is 0 Å². The van der Waals surface area contributed by atoms with Gasteiger partial charge in [-0.25, -0.2) is 9.78 Å². The van der Waals surface area contributed by atoms with E-state index in [0.29, 0.717) is 22.2 Å². The number of hydrogen-bond acceptors (Lipinski definition) is 6. The summed E-state index contributed by atoms with van der Waals surface area (Å²) in [6.07, 6.45) is 0. The summed E-state index contributed by atoms with van der Waals surface area (Å²) in [5.74, 6) is -0.873. The van der Waals surface area contributed by atoms with E-state index in [2.05, 4.69) is 9.55 Å². The molecule has 0 aliphatic heterocycles. The van der Waals surface area contributed by atoms with Crippen LogP contribution in [0.5, 0.6) is 0 Å². The number of Topliss-reactive ketones (excluding diaryl/α,β-unsaturated/α-hetero) is 1. The van der Waals surface area contributed by atoms with Crippen LogP contribution in [-0.2, 0) is 9.47 Å². The number of aryl methyl sites for hydroxylation is 1. The van der Waals surface area contributed by atoms with Gasteiger partial charge in [0.25, 0.3) is 0 Å². The molecule has 6 nitrogen and oxygen atoms in total. The van der Waals surface area contributed by atoms with E-state index < -0.39 is 5.97 Å². The lowest BCUT2D eigenvalue weighted by Gasteiger charge is -2.17. The number of ether oxygens (including phenoxy) is 2. The fraction of sp³-hybridized carbons (Fsp3) is 0.318. The molecule has 8 heteroatoms. The lowest BCUT2D eigenvalue weighted by molar-refractivity contribution is 0.0469. The van der Waals surface area contributed by atoms with Crippen molar-refractivity contribution < 1.29 is 19.1 Å². The molecule has 3 rings (SSSR count). The third-order valence-corrected chi connectivity index (χ3v) is 5.92. The average Bonchev–Trinajstić information content (AvgIpc) is 3.31. The van der Waals surface area contributed by atoms with Crippen LogP contribution in [0.25, 0.3) is 10.6 Å². The second-order valence-corrected chi connectivity index (χ2v) is 8.30. The first-order valence-electron chi connectivity index (χ1n) is 9.41. The summed E-state index contributed by atoms with van der Waals surface area (Å²) < 4.78 is 12.5. The summed E-state index contributed by atoms with van der Waals surface area (Å²) >= 11 is 7.23. The van der Waals surface area contributed by atoms with Crippen LogP contribution in [0.2, 0.25) is 5.02 Å². The molecule has 0 aliphatic rings. The van der Waals surface area contributed by atoms with Crippen molar-refractivity contribution >= 4 is 34.7 Å². The van der Waals surface area contributed by atoms with E-state index in [0.717, 1.165) is 17.0 Å². The minimum absolute atomic E-state index is 0.0976. The van der Waals surface area contributed by atoms with Crippen molar-refractivity contribution in [1.29, 1.82) is 0 Å². The number of aromatic nitrogens is 2. The van der Waals surface area contributed by atoms with Crippen LogP contribution in [0.3, 0.4) is 0 Å². The normalized spacial score (nSPS) is 12.0. The van der Waals surface area contributed by atoms with E-state index in [4.69, 9.17) is 21.1 Å². The van der Waals surface area contributed by atoms with Crippen LogP contribution in [0, 0.1) is 13.8 Å². The molecule has 3 aromatic rings. The molecule has 158 valence electrons. The lowest BCUT2D eigenvalue weighted by atomic mass is 10.1. The van der Waals surface area contributed by atoms with Crippen LogP contribution in [0.1, 0.15) is 45.2 Å². The molecule has 2 heterocycles. The van der Waals surface area contributed by atoms with Crippen LogP contribution < -0.4 is 0 Å². The topological polar surface area (TPSA) is 70.4 Å². The van der Waals surface area contributed by atoms with E-state index in [1.165, 1.54) is 11.3 Å². The highest BCUT2D eigenvalue weighted by molar-refractivity contribution is 7.13. The van der Waals surface area contributed by atoms with E-state index in [9.17, 15) is 9.59 Å². The summed E-state index contributed by atoms with van der Waals surface area (Å²) in [6, 6.07) is 9.11. The van der Waals surface area contributed by atoms with Crippen molar-refractivity contribution in [3.8, 4) is 10.6 Å². The molecular weight excluding hydrogens is 424 g/mol. The van der Waals surface area contributed by atoms with E-state index in [-0.39, 0.29) is 24.1 Å². The van der Waals surface area contributed by atoms with Crippen LogP contribution in [0.15, 0.2) is 35.7 Å². The molecule has 30 heavy (non-hydrogen) atoms. The maximum absolute atomic E-state index is 12.7. The highest BCUT2D eigenvalue weighted by atomic mass is 35.5. The smallest absolute Gasteiger partial charge is 0.358 e.